The predicted molar refractivity (Wildman–Crippen MR) is 116 cm³/mol. The molecule has 2 aromatic rings. The van der Waals surface area contributed by atoms with E-state index in [1.807, 2.05) is 0 Å². The SMILES string of the molecule is O=C(COc1ccc(Cl)c(F)c1)NC12CC(C3N=C(COc4ccc(Cl)cc4)NO3)(C1)C2. The fraction of sp³-hybridized carbons (Fsp3) is 0.364. The summed E-state index contributed by atoms with van der Waals surface area (Å²) in [5.41, 5.74) is 2.52. The van der Waals surface area contributed by atoms with E-state index in [-0.39, 0.29) is 47.1 Å². The largest absolute Gasteiger partial charge is 0.486 e. The Morgan fingerprint density at radius 3 is 2.59 bits per heavy atom. The molecular weight excluding hydrogens is 460 g/mol. The third kappa shape index (κ3) is 4.10. The van der Waals surface area contributed by atoms with Crippen LogP contribution >= 0.6 is 23.2 Å². The maximum atomic E-state index is 13.5. The van der Waals surface area contributed by atoms with E-state index in [2.05, 4.69) is 15.8 Å². The molecule has 32 heavy (non-hydrogen) atoms. The van der Waals surface area contributed by atoms with Gasteiger partial charge in [0.15, 0.2) is 18.7 Å². The molecule has 1 unspecified atom stereocenters. The average Bonchev–Trinajstić information content (AvgIpc) is 3.19. The fourth-order valence-corrected chi connectivity index (χ4v) is 4.88. The number of hydroxylamine groups is 1. The van der Waals surface area contributed by atoms with E-state index < -0.39 is 5.82 Å². The van der Waals surface area contributed by atoms with Crippen molar-refractivity contribution in [2.45, 2.75) is 31.0 Å². The maximum Gasteiger partial charge on any atom is 0.258 e. The van der Waals surface area contributed by atoms with Gasteiger partial charge in [-0.15, -0.1) is 0 Å². The molecule has 0 radical (unpaired) electrons. The highest BCUT2D eigenvalue weighted by molar-refractivity contribution is 6.31. The van der Waals surface area contributed by atoms with Gasteiger partial charge in [0.2, 0.25) is 0 Å². The van der Waals surface area contributed by atoms with Crippen molar-refractivity contribution >= 4 is 34.9 Å². The molecule has 0 spiro atoms. The van der Waals surface area contributed by atoms with Gasteiger partial charge < -0.3 is 14.8 Å². The Labute approximate surface area is 193 Å². The molecule has 3 aliphatic carbocycles. The van der Waals surface area contributed by atoms with Gasteiger partial charge in [-0.1, -0.05) is 23.2 Å². The lowest BCUT2D eigenvalue weighted by atomic mass is 9.38. The molecule has 2 aromatic carbocycles. The molecule has 3 fully saturated rings. The Kier molecular flexibility index (Phi) is 5.39. The van der Waals surface area contributed by atoms with Gasteiger partial charge in [0.05, 0.1) is 5.02 Å². The average molecular weight is 480 g/mol. The van der Waals surface area contributed by atoms with Gasteiger partial charge in [0.25, 0.3) is 5.91 Å². The summed E-state index contributed by atoms with van der Waals surface area (Å²) < 4.78 is 24.5. The van der Waals surface area contributed by atoms with Crippen LogP contribution in [0.2, 0.25) is 10.0 Å². The summed E-state index contributed by atoms with van der Waals surface area (Å²) in [7, 11) is 0. The molecule has 6 rings (SSSR count). The van der Waals surface area contributed by atoms with Crippen LogP contribution in [0.25, 0.3) is 0 Å². The van der Waals surface area contributed by atoms with Gasteiger partial charge in [-0.05, 0) is 55.7 Å². The highest BCUT2D eigenvalue weighted by atomic mass is 35.5. The number of amidine groups is 1. The van der Waals surface area contributed by atoms with Crippen LogP contribution in [0.15, 0.2) is 47.5 Å². The van der Waals surface area contributed by atoms with Crippen LogP contribution in [0.3, 0.4) is 0 Å². The van der Waals surface area contributed by atoms with Crippen molar-refractivity contribution in [1.82, 2.24) is 10.8 Å². The number of carbonyl (C=O) groups excluding carboxylic acids is 1. The van der Waals surface area contributed by atoms with Gasteiger partial charge in [0.1, 0.15) is 23.9 Å². The number of ether oxygens (including phenoxy) is 2. The third-order valence-corrected chi connectivity index (χ3v) is 6.57. The molecule has 2 N–H and O–H groups in total. The smallest absolute Gasteiger partial charge is 0.258 e. The number of benzene rings is 2. The summed E-state index contributed by atoms with van der Waals surface area (Å²) >= 11 is 11.5. The minimum atomic E-state index is -0.588. The van der Waals surface area contributed by atoms with Crippen LogP contribution in [0.4, 0.5) is 4.39 Å². The number of nitrogens with zero attached hydrogens (tertiary/aromatic N) is 1. The molecule has 4 aliphatic rings. The Morgan fingerprint density at radius 1 is 1.16 bits per heavy atom. The van der Waals surface area contributed by atoms with Gasteiger partial charge in [-0.3, -0.25) is 4.79 Å². The second-order valence-corrected chi connectivity index (χ2v) is 9.32. The van der Waals surface area contributed by atoms with Crippen molar-refractivity contribution in [3.63, 3.8) is 0 Å². The molecule has 168 valence electrons. The number of aliphatic imine (C=N–C) groups is 1. The minimum Gasteiger partial charge on any atom is -0.486 e. The van der Waals surface area contributed by atoms with Gasteiger partial charge in [-0.25, -0.2) is 19.7 Å². The maximum absolute atomic E-state index is 13.5. The van der Waals surface area contributed by atoms with Crippen molar-refractivity contribution in [3.05, 3.63) is 58.3 Å². The first-order valence-electron chi connectivity index (χ1n) is 10.1. The lowest BCUT2D eigenvalue weighted by Gasteiger charge is -2.71. The molecule has 1 heterocycles. The molecule has 3 saturated carbocycles. The van der Waals surface area contributed by atoms with Crippen molar-refractivity contribution in [2.24, 2.45) is 10.4 Å². The zero-order valence-electron chi connectivity index (χ0n) is 16.9. The van der Waals surface area contributed by atoms with E-state index in [9.17, 15) is 9.18 Å². The summed E-state index contributed by atoms with van der Waals surface area (Å²) in [6.07, 6.45) is 2.03. The van der Waals surface area contributed by atoms with Crippen LogP contribution in [0.5, 0.6) is 11.5 Å². The Hall–Kier alpha value is -2.55. The topological polar surface area (TPSA) is 81.2 Å². The highest BCUT2D eigenvalue weighted by Gasteiger charge is 2.72. The monoisotopic (exact) mass is 479 g/mol. The predicted octanol–water partition coefficient (Wildman–Crippen LogP) is 3.89. The van der Waals surface area contributed by atoms with Crippen LogP contribution in [-0.2, 0) is 9.63 Å². The summed E-state index contributed by atoms with van der Waals surface area (Å²) in [5.74, 6) is 0.730. The van der Waals surface area contributed by atoms with Crippen molar-refractivity contribution in [3.8, 4) is 11.5 Å². The van der Waals surface area contributed by atoms with Crippen molar-refractivity contribution in [1.29, 1.82) is 0 Å². The fourth-order valence-electron chi connectivity index (χ4n) is 4.64. The molecule has 10 heteroatoms. The molecule has 2 bridgehead atoms. The lowest BCUT2D eigenvalue weighted by Crippen LogP contribution is -2.78. The molecule has 1 atom stereocenters. The third-order valence-electron chi connectivity index (χ3n) is 6.01. The number of amides is 1. The van der Waals surface area contributed by atoms with E-state index in [0.29, 0.717) is 16.6 Å². The Morgan fingerprint density at radius 2 is 1.88 bits per heavy atom. The number of nitrogens with one attached hydrogen (secondary N) is 2. The highest BCUT2D eigenvalue weighted by Crippen LogP contribution is 2.69. The number of hydrogen-bond donors (Lipinski definition) is 2. The van der Waals surface area contributed by atoms with E-state index in [1.165, 1.54) is 12.1 Å². The van der Waals surface area contributed by atoms with Crippen LogP contribution in [0, 0.1) is 11.2 Å². The van der Waals surface area contributed by atoms with Crippen molar-refractivity contribution in [2.75, 3.05) is 13.2 Å². The number of hydrogen-bond acceptors (Lipinski definition) is 6. The van der Waals surface area contributed by atoms with Crippen LogP contribution in [-0.4, -0.2) is 36.7 Å². The first-order chi connectivity index (χ1) is 15.3. The second kappa shape index (κ2) is 8.10. The Bertz CT molecular complexity index is 1060. The summed E-state index contributed by atoms with van der Waals surface area (Å²) in [6, 6.07) is 11.2. The first kappa shape index (κ1) is 21.3. The quantitative estimate of drug-likeness (QED) is 0.600. The second-order valence-electron chi connectivity index (χ2n) is 8.48. The number of rotatable bonds is 8. The molecule has 1 amide bonds. The van der Waals surface area contributed by atoms with Crippen molar-refractivity contribution < 1.29 is 23.5 Å². The zero-order chi connectivity index (χ0) is 22.3. The number of carbonyl (C=O) groups is 1. The summed E-state index contributed by atoms with van der Waals surface area (Å²) in [4.78, 5) is 22.5. The minimum absolute atomic E-state index is 0.00643. The summed E-state index contributed by atoms with van der Waals surface area (Å²) in [6.45, 7) is 0.0698. The van der Waals surface area contributed by atoms with Crippen LogP contribution in [0.1, 0.15) is 19.3 Å². The zero-order valence-corrected chi connectivity index (χ0v) is 18.4. The van der Waals surface area contributed by atoms with E-state index in [1.54, 1.807) is 24.3 Å². The summed E-state index contributed by atoms with van der Waals surface area (Å²) in [5, 5.41) is 3.67. The Balaban J connectivity index is 1.07. The molecular formula is C22H20Cl2FN3O4. The number of halogens is 3. The van der Waals surface area contributed by atoms with E-state index in [4.69, 9.17) is 37.5 Å². The van der Waals surface area contributed by atoms with E-state index in [0.717, 1.165) is 25.3 Å². The molecule has 0 saturated heterocycles. The molecule has 7 nitrogen and oxygen atoms in total. The van der Waals surface area contributed by atoms with Gasteiger partial charge >= 0.3 is 0 Å². The standard InChI is InChI=1S/C22H20Cl2FN3O4/c23-13-1-3-14(4-2-13)30-8-18-26-20(32-28-18)21-10-22(11-21,12-21)27-19(29)9-31-15-5-6-16(24)17(25)7-15/h1-7,20H,8-12H2,(H,26,28)(H,27,29). The van der Waals surface area contributed by atoms with Gasteiger partial charge in [-0.2, -0.15) is 0 Å². The van der Waals surface area contributed by atoms with Crippen LogP contribution < -0.4 is 20.3 Å². The van der Waals surface area contributed by atoms with Gasteiger partial charge in [0, 0.05) is 22.0 Å². The normalized spacial score (nSPS) is 27.5. The first-order valence-corrected chi connectivity index (χ1v) is 10.9. The van der Waals surface area contributed by atoms with E-state index >= 15 is 0 Å². The molecule has 1 aliphatic heterocycles. The lowest BCUT2D eigenvalue weighted by molar-refractivity contribution is -0.228. The molecule has 0 aromatic heterocycles.